The molecule has 0 spiro atoms. The zero-order valence-electron chi connectivity index (χ0n) is 45.9. The van der Waals surface area contributed by atoms with Crippen molar-refractivity contribution in [2.75, 3.05) is 250 Å². The fraction of sp³-hybridized carbons (Fsp3) is 0.788. The molecule has 1 saturated heterocycles. The number of nitrogens with zero attached hydrogens (tertiary/aromatic N) is 1. The second kappa shape index (κ2) is 49.8. The minimum absolute atomic E-state index is 0.0132. The van der Waals surface area contributed by atoms with Crippen LogP contribution >= 0.6 is 0 Å². The molecule has 79 heavy (non-hydrogen) atoms. The van der Waals surface area contributed by atoms with E-state index in [9.17, 15) is 24.0 Å². The van der Waals surface area contributed by atoms with Crippen molar-refractivity contribution < 1.29 is 114 Å². The van der Waals surface area contributed by atoms with Crippen LogP contribution in [0.15, 0.2) is 18.2 Å². The van der Waals surface area contributed by atoms with Crippen LogP contribution in [0.2, 0.25) is 0 Å². The van der Waals surface area contributed by atoms with E-state index in [1.54, 1.807) is 18.2 Å². The molecule has 1 atom stereocenters. The minimum Gasteiger partial charge on any atom is -0.481 e. The van der Waals surface area contributed by atoms with Gasteiger partial charge in [0, 0.05) is 18.7 Å². The van der Waals surface area contributed by atoms with E-state index < -0.39 is 35.6 Å². The summed E-state index contributed by atoms with van der Waals surface area (Å²) in [7, 11) is 0. The Morgan fingerprint density at radius 1 is 0.430 bits per heavy atom. The first kappa shape index (κ1) is 69.3. The highest BCUT2D eigenvalue weighted by atomic mass is 16.6. The van der Waals surface area contributed by atoms with E-state index >= 15 is 0 Å². The molecule has 4 amide bonds. The van der Waals surface area contributed by atoms with Gasteiger partial charge in [-0.3, -0.25) is 34.2 Å². The van der Waals surface area contributed by atoms with Crippen LogP contribution in [0.1, 0.15) is 40.0 Å². The first-order valence-corrected chi connectivity index (χ1v) is 27.1. The molecule has 0 aromatic heterocycles. The van der Waals surface area contributed by atoms with Crippen molar-refractivity contribution in [3.8, 4) is 0 Å². The number of nitrogens with one attached hydrogen (secondary N) is 2. The summed E-state index contributed by atoms with van der Waals surface area (Å²) >= 11 is 0. The van der Waals surface area contributed by atoms with Gasteiger partial charge in [0.05, 0.1) is 255 Å². The lowest BCUT2D eigenvalue weighted by Crippen LogP contribution is -2.54. The third-order valence-corrected chi connectivity index (χ3v) is 10.8. The Kier molecular flexibility index (Phi) is 43.7. The number of benzene rings is 1. The van der Waals surface area contributed by atoms with E-state index in [1.807, 2.05) is 0 Å². The summed E-state index contributed by atoms with van der Waals surface area (Å²) in [5.41, 5.74) is 0.886. The predicted octanol–water partition coefficient (Wildman–Crippen LogP) is 0.273. The molecule has 0 bridgehead atoms. The van der Waals surface area contributed by atoms with Gasteiger partial charge in [0.25, 0.3) is 11.8 Å². The SMILES string of the molecule is O=C(O)CCOCCOCCOCCOCCOCCOCCOCCOCCOCCOCCOCCOCCOCCOCCOCCOCCOCCOCCNc1cccc2c1C(=O)N(C1CCC(=O)NC1=O)C2=O. The van der Waals surface area contributed by atoms with Crippen molar-refractivity contribution in [2.24, 2.45) is 0 Å². The lowest BCUT2D eigenvalue weighted by atomic mass is 10.0. The van der Waals surface area contributed by atoms with Crippen LogP contribution < -0.4 is 10.6 Å². The number of hydrogen-bond acceptors (Lipinski definition) is 24. The van der Waals surface area contributed by atoms with E-state index in [1.165, 1.54) is 0 Å². The van der Waals surface area contributed by atoms with Crippen molar-refractivity contribution >= 4 is 35.3 Å². The van der Waals surface area contributed by atoms with Crippen molar-refractivity contribution in [1.82, 2.24) is 10.2 Å². The van der Waals surface area contributed by atoms with Crippen LogP contribution in [0.25, 0.3) is 0 Å². The van der Waals surface area contributed by atoms with Crippen LogP contribution in [0.5, 0.6) is 0 Å². The fourth-order valence-corrected chi connectivity index (χ4v) is 6.92. The maximum Gasteiger partial charge on any atom is 0.305 e. The van der Waals surface area contributed by atoms with Crippen LogP contribution in [0, 0.1) is 0 Å². The average Bonchev–Trinajstić information content (AvgIpc) is 3.99. The summed E-state index contributed by atoms with van der Waals surface area (Å²) in [6.45, 7) is 16.1. The number of carbonyl (C=O) groups excluding carboxylic acids is 4. The van der Waals surface area contributed by atoms with Crippen molar-refractivity contribution in [1.29, 1.82) is 0 Å². The molecule has 2 aliphatic heterocycles. The number of imide groups is 2. The smallest absolute Gasteiger partial charge is 0.305 e. The average molecular weight is 1140 g/mol. The van der Waals surface area contributed by atoms with Crippen molar-refractivity contribution in [3.05, 3.63) is 29.3 Å². The fourth-order valence-electron chi connectivity index (χ4n) is 6.92. The number of rotatable bonds is 59. The molecule has 27 nitrogen and oxygen atoms in total. The van der Waals surface area contributed by atoms with Gasteiger partial charge in [-0.1, -0.05) is 6.07 Å². The molecule has 3 N–H and O–H groups in total. The Bertz CT molecular complexity index is 1720. The lowest BCUT2D eigenvalue weighted by molar-refractivity contribution is -0.138. The van der Waals surface area contributed by atoms with E-state index in [0.717, 1.165) is 4.90 Å². The number of anilines is 1. The van der Waals surface area contributed by atoms with Crippen LogP contribution in [0.4, 0.5) is 5.69 Å². The number of hydrogen-bond donors (Lipinski definition) is 3. The highest BCUT2D eigenvalue weighted by Gasteiger charge is 2.45. The number of fused-ring (bicyclic) bond motifs is 1. The van der Waals surface area contributed by atoms with Gasteiger partial charge in [-0.2, -0.15) is 0 Å². The quantitative estimate of drug-likeness (QED) is 0.0583. The van der Waals surface area contributed by atoms with Gasteiger partial charge in [0.2, 0.25) is 11.8 Å². The van der Waals surface area contributed by atoms with Gasteiger partial charge in [-0.15, -0.1) is 0 Å². The molecule has 1 aromatic rings. The van der Waals surface area contributed by atoms with Crippen molar-refractivity contribution in [2.45, 2.75) is 25.3 Å². The molecule has 2 heterocycles. The maximum atomic E-state index is 13.2. The molecule has 0 saturated carbocycles. The molecular formula is C52H87N3O24. The molecule has 3 rings (SSSR count). The Hall–Kier alpha value is -3.95. The molecule has 0 aliphatic carbocycles. The summed E-state index contributed by atoms with van der Waals surface area (Å²) < 4.78 is 98.5. The standard InChI is InChI=1S/C52H87N3O24/c56-47-5-4-46(50(59)54-47)55-51(60)44-2-1-3-45(49(44)52(55)61)53-7-9-63-11-13-65-15-17-67-19-21-69-23-25-71-27-29-73-31-33-75-35-37-77-39-41-79-43-42-78-40-38-76-36-34-74-32-30-72-28-26-70-24-22-68-20-18-66-16-14-64-12-10-62-8-6-48(57)58/h1-3,46,53H,4-43H2,(H,57,58)(H,54,56,59). The van der Waals surface area contributed by atoms with E-state index in [-0.39, 0.29) is 37.0 Å². The number of piperidine rings is 1. The summed E-state index contributed by atoms with van der Waals surface area (Å²) in [5, 5.41) is 13.9. The lowest BCUT2D eigenvalue weighted by Gasteiger charge is -2.27. The summed E-state index contributed by atoms with van der Waals surface area (Å²) in [4.78, 5) is 61.4. The van der Waals surface area contributed by atoms with E-state index in [0.29, 0.717) is 243 Å². The third kappa shape index (κ3) is 36.2. The second-order valence-electron chi connectivity index (χ2n) is 16.8. The molecule has 1 aromatic carbocycles. The van der Waals surface area contributed by atoms with Crippen LogP contribution in [-0.2, 0) is 99.6 Å². The minimum atomic E-state index is -1.02. The first-order chi connectivity index (χ1) is 38.9. The number of aliphatic carboxylic acids is 1. The number of carboxylic acid groups (broad SMARTS) is 1. The van der Waals surface area contributed by atoms with Gasteiger partial charge in [0.1, 0.15) is 6.04 Å². The van der Waals surface area contributed by atoms with Gasteiger partial charge in [-0.25, -0.2) is 0 Å². The molecule has 454 valence electrons. The molecule has 2 aliphatic rings. The summed E-state index contributed by atoms with van der Waals surface area (Å²) in [5.74, 6) is -3.08. The predicted molar refractivity (Wildman–Crippen MR) is 279 cm³/mol. The van der Waals surface area contributed by atoms with Gasteiger partial charge < -0.3 is 95.7 Å². The van der Waals surface area contributed by atoms with Gasteiger partial charge in [0.15, 0.2) is 0 Å². The Morgan fingerprint density at radius 3 is 1.01 bits per heavy atom. The molecule has 1 fully saturated rings. The zero-order valence-corrected chi connectivity index (χ0v) is 45.9. The van der Waals surface area contributed by atoms with Crippen LogP contribution in [0.3, 0.4) is 0 Å². The van der Waals surface area contributed by atoms with Crippen LogP contribution in [-0.4, -0.2) is 290 Å². The Balaban J connectivity index is 0.899. The molecular weight excluding hydrogens is 1050 g/mol. The number of carboxylic acids is 1. The van der Waals surface area contributed by atoms with Gasteiger partial charge >= 0.3 is 5.97 Å². The van der Waals surface area contributed by atoms with E-state index in [2.05, 4.69) is 10.6 Å². The Morgan fingerprint density at radius 2 is 0.722 bits per heavy atom. The maximum absolute atomic E-state index is 13.2. The normalized spacial score (nSPS) is 14.4. The Labute approximate surface area is 463 Å². The van der Waals surface area contributed by atoms with Crippen molar-refractivity contribution in [3.63, 3.8) is 0 Å². The third-order valence-electron chi connectivity index (χ3n) is 10.8. The summed E-state index contributed by atoms with van der Waals surface area (Å²) in [6, 6.07) is 3.88. The number of carbonyl (C=O) groups is 5. The number of amides is 4. The highest BCUT2D eigenvalue weighted by Crippen LogP contribution is 2.32. The first-order valence-electron chi connectivity index (χ1n) is 27.1. The monoisotopic (exact) mass is 1140 g/mol. The largest absolute Gasteiger partial charge is 0.481 e. The summed E-state index contributed by atoms with van der Waals surface area (Å²) in [6.07, 6.45) is 0.141. The highest BCUT2D eigenvalue weighted by molar-refractivity contribution is 6.25. The second-order valence-corrected chi connectivity index (χ2v) is 16.8. The topological polar surface area (TPSA) is 299 Å². The molecule has 27 heteroatoms. The van der Waals surface area contributed by atoms with E-state index in [4.69, 9.17) is 90.4 Å². The molecule has 1 unspecified atom stereocenters. The van der Waals surface area contributed by atoms with Gasteiger partial charge in [-0.05, 0) is 18.6 Å². The molecule has 0 radical (unpaired) electrons. The zero-order chi connectivity index (χ0) is 56.3. The number of ether oxygens (including phenoxy) is 18.